The normalized spacial score (nSPS) is 18.4. The van der Waals surface area contributed by atoms with Gasteiger partial charge in [0.05, 0.1) is 5.41 Å². The third kappa shape index (κ3) is 8.08. The van der Waals surface area contributed by atoms with Crippen molar-refractivity contribution < 1.29 is 0 Å². The molecule has 1 fully saturated rings. The van der Waals surface area contributed by atoms with Gasteiger partial charge in [-0.25, -0.2) is 15.0 Å². The van der Waals surface area contributed by atoms with Gasteiger partial charge in [-0.2, -0.15) is 0 Å². The Morgan fingerprint density at radius 2 is 1.23 bits per heavy atom. The van der Waals surface area contributed by atoms with E-state index in [9.17, 15) is 0 Å². The van der Waals surface area contributed by atoms with Gasteiger partial charge in [0.15, 0.2) is 17.5 Å². The molecule has 342 valence electrons. The summed E-state index contributed by atoms with van der Waals surface area (Å²) in [6, 6.07) is 61.7. The van der Waals surface area contributed by atoms with Gasteiger partial charge in [-0.05, 0) is 119 Å². The lowest BCUT2D eigenvalue weighted by Crippen LogP contribution is -2.29. The Morgan fingerprint density at radius 3 is 2.00 bits per heavy atom. The second kappa shape index (κ2) is 18.7. The highest BCUT2D eigenvalue weighted by Crippen LogP contribution is 2.61. The van der Waals surface area contributed by atoms with E-state index in [4.69, 9.17) is 15.0 Å². The van der Waals surface area contributed by atoms with Crippen LogP contribution < -0.4 is 0 Å². The van der Waals surface area contributed by atoms with Crippen LogP contribution in [0.1, 0.15) is 61.7 Å². The zero-order chi connectivity index (χ0) is 47.9. The predicted octanol–water partition coefficient (Wildman–Crippen LogP) is 17.6. The van der Waals surface area contributed by atoms with Crippen molar-refractivity contribution in [2.24, 2.45) is 11.8 Å². The maximum atomic E-state index is 5.54. The molecule has 71 heavy (non-hydrogen) atoms. The van der Waals surface area contributed by atoms with Crippen LogP contribution >= 0.6 is 11.3 Å². The van der Waals surface area contributed by atoms with Crippen molar-refractivity contribution in [3.63, 3.8) is 0 Å². The summed E-state index contributed by atoms with van der Waals surface area (Å²) in [7, 11) is 0. The van der Waals surface area contributed by atoms with Crippen LogP contribution in [0.25, 0.3) is 76.3 Å². The van der Waals surface area contributed by atoms with Crippen LogP contribution in [0.3, 0.4) is 0 Å². The van der Waals surface area contributed by atoms with Gasteiger partial charge in [0.2, 0.25) is 0 Å². The lowest BCUT2D eigenvalue weighted by atomic mass is 9.66. The van der Waals surface area contributed by atoms with Gasteiger partial charge in [-0.3, -0.25) is 0 Å². The third-order valence-electron chi connectivity index (χ3n) is 14.3. The summed E-state index contributed by atoms with van der Waals surface area (Å²) in [6.07, 6.45) is 24.5. The van der Waals surface area contributed by atoms with E-state index >= 15 is 0 Å². The highest BCUT2D eigenvalue weighted by molar-refractivity contribution is 7.26. The minimum atomic E-state index is -0.569. The van der Waals surface area contributed by atoms with E-state index in [1.54, 1.807) is 0 Å². The van der Waals surface area contributed by atoms with Crippen LogP contribution in [-0.4, -0.2) is 15.0 Å². The second-order valence-electron chi connectivity index (χ2n) is 19.1. The first kappa shape index (κ1) is 44.2. The second-order valence-corrected chi connectivity index (χ2v) is 20.2. The largest absolute Gasteiger partial charge is 0.208 e. The first-order valence-electron chi connectivity index (χ1n) is 24.8. The van der Waals surface area contributed by atoms with Crippen LogP contribution in [0, 0.1) is 11.8 Å². The number of nitrogens with zero attached hydrogens (tertiary/aromatic N) is 3. The summed E-state index contributed by atoms with van der Waals surface area (Å²) in [6.45, 7) is 6.18. The number of thiophene rings is 1. The highest BCUT2D eigenvalue weighted by Gasteiger charge is 2.50. The van der Waals surface area contributed by atoms with Crippen LogP contribution in [0.2, 0.25) is 0 Å². The Bertz CT molecular complexity index is 3730. The molecular weight excluding hydrogens is 879 g/mol. The molecule has 2 heterocycles. The molecule has 3 unspecified atom stereocenters. The van der Waals surface area contributed by atoms with E-state index in [0.717, 1.165) is 28.7 Å². The van der Waals surface area contributed by atoms with Crippen molar-refractivity contribution in [2.45, 2.75) is 39.0 Å². The number of benzene rings is 7. The van der Waals surface area contributed by atoms with E-state index in [1.807, 2.05) is 36.5 Å². The van der Waals surface area contributed by atoms with E-state index in [2.05, 4.69) is 226 Å². The van der Waals surface area contributed by atoms with Crippen LogP contribution in [0.4, 0.5) is 0 Å². The first-order valence-corrected chi connectivity index (χ1v) is 25.7. The molecule has 0 radical (unpaired) electrons. The van der Waals surface area contributed by atoms with Gasteiger partial charge in [-0.1, -0.05) is 218 Å². The minimum Gasteiger partial charge on any atom is -0.208 e. The summed E-state index contributed by atoms with van der Waals surface area (Å²) in [5.74, 6) is 3.16. The van der Waals surface area contributed by atoms with Gasteiger partial charge >= 0.3 is 0 Å². The number of hydrogen-bond acceptors (Lipinski definition) is 4. The molecule has 4 aliphatic rings. The molecule has 0 N–H and O–H groups in total. The Morgan fingerprint density at radius 1 is 0.563 bits per heavy atom. The van der Waals surface area contributed by atoms with Gasteiger partial charge in [0, 0.05) is 36.9 Å². The average molecular weight is 932 g/mol. The molecule has 1 saturated carbocycles. The van der Waals surface area contributed by atoms with Gasteiger partial charge < -0.3 is 0 Å². The molecule has 3 atom stereocenters. The zero-order valence-corrected chi connectivity index (χ0v) is 41.1. The number of aromatic nitrogens is 3. The van der Waals surface area contributed by atoms with Crippen molar-refractivity contribution in [1.29, 1.82) is 0 Å². The number of fused-ring (bicyclic) bond motifs is 7. The van der Waals surface area contributed by atoms with Crippen LogP contribution in [-0.2, 0) is 5.41 Å². The molecule has 0 aliphatic heterocycles. The van der Waals surface area contributed by atoms with E-state index in [1.165, 1.54) is 82.3 Å². The molecule has 2 aromatic heterocycles. The van der Waals surface area contributed by atoms with Crippen molar-refractivity contribution in [2.75, 3.05) is 0 Å². The topological polar surface area (TPSA) is 38.7 Å². The Labute approximate surface area is 421 Å². The maximum Gasteiger partial charge on any atom is 0.164 e. The molecule has 0 saturated heterocycles. The lowest BCUT2D eigenvalue weighted by Gasteiger charge is -2.36. The molecule has 9 aromatic rings. The molecule has 7 aromatic carbocycles. The fraction of sp³-hybridized carbons (Fsp3) is 0.119. The van der Waals surface area contributed by atoms with E-state index in [-0.39, 0.29) is 0 Å². The smallest absolute Gasteiger partial charge is 0.164 e. The SMILES string of the molecule is C/C=C\C=C(C)C.C1=CC(c2nc(-c3ccccc3)nc(-c3cc(-c4cccc5c4sc4ccccc45)cc4c3-c3ccccc3C4(C3=CC4CC4C=C3)c3ccccc3)n2)=CCC=C1c1ccccc1. The standard InChI is InChI=1S/C60H41N3S.C7H12/c1-4-16-38(17-5-1)39-20-14-21-41(31-30-39)58-61-57(40-18-6-2-7-19-40)62-59(63-58)51-36-44(47-26-15-27-49-48-24-11-13-29-54(48)64-56(47)49)37-53-55(51)50-25-10-12-28-52(50)60(53,45-22-8-3-9-23-45)46-33-32-42-34-43(42)35-46;1-4-5-6-7(2)3/h1-13,15-33,35-37,42-43H,14,34H2;4-6H,1-3H3/b;5-4-. The molecule has 0 amide bonds. The van der Waals surface area contributed by atoms with Crippen molar-refractivity contribution in [1.82, 2.24) is 15.0 Å². The monoisotopic (exact) mass is 931 g/mol. The zero-order valence-electron chi connectivity index (χ0n) is 40.3. The number of hydrogen-bond donors (Lipinski definition) is 0. The van der Waals surface area contributed by atoms with Crippen molar-refractivity contribution in [3.8, 4) is 45.0 Å². The van der Waals surface area contributed by atoms with E-state index in [0.29, 0.717) is 29.3 Å². The molecule has 4 aliphatic carbocycles. The predicted molar refractivity (Wildman–Crippen MR) is 300 cm³/mol. The summed E-state index contributed by atoms with van der Waals surface area (Å²) < 4.78 is 2.57. The average Bonchev–Trinajstić information content (AvgIpc) is 4.10. The number of rotatable bonds is 8. The van der Waals surface area contributed by atoms with Crippen LogP contribution in [0.15, 0.2) is 242 Å². The molecular formula is C67H53N3S. The van der Waals surface area contributed by atoms with Crippen molar-refractivity contribution in [3.05, 3.63) is 270 Å². The first-order chi connectivity index (χ1) is 35.0. The van der Waals surface area contributed by atoms with Gasteiger partial charge in [-0.15, -0.1) is 11.3 Å². The van der Waals surface area contributed by atoms with Crippen LogP contribution in [0.5, 0.6) is 0 Å². The van der Waals surface area contributed by atoms with Crippen molar-refractivity contribution >= 4 is 42.7 Å². The van der Waals surface area contributed by atoms with E-state index < -0.39 is 5.41 Å². The lowest BCUT2D eigenvalue weighted by molar-refractivity contribution is 0.747. The molecule has 3 nitrogen and oxygen atoms in total. The van der Waals surface area contributed by atoms with Gasteiger partial charge in [0.25, 0.3) is 0 Å². The minimum absolute atomic E-state index is 0.559. The highest BCUT2D eigenvalue weighted by atomic mass is 32.1. The maximum absolute atomic E-state index is 5.54. The third-order valence-corrected chi connectivity index (χ3v) is 15.5. The summed E-state index contributed by atoms with van der Waals surface area (Å²) in [4.78, 5) is 16.3. The molecule has 0 bridgehead atoms. The fourth-order valence-corrected chi connectivity index (χ4v) is 12.1. The summed E-state index contributed by atoms with van der Waals surface area (Å²) in [5.41, 5.74) is 16.0. The molecule has 13 rings (SSSR count). The van der Waals surface area contributed by atoms with Gasteiger partial charge in [0.1, 0.15) is 0 Å². The Balaban J connectivity index is 0.000000691. The fourth-order valence-electron chi connectivity index (χ4n) is 10.9. The number of allylic oxidation sites excluding steroid dienone is 14. The Hall–Kier alpha value is -8.05. The molecule has 4 heteroatoms. The summed E-state index contributed by atoms with van der Waals surface area (Å²) >= 11 is 1.87. The summed E-state index contributed by atoms with van der Waals surface area (Å²) in [5, 5.41) is 2.57. The molecule has 0 spiro atoms. The Kier molecular flexibility index (Phi) is 11.6. The quantitative estimate of drug-likeness (QED) is 0.143.